The van der Waals surface area contributed by atoms with Crippen LogP contribution >= 0.6 is 11.3 Å². The molecule has 30 heavy (non-hydrogen) atoms. The Morgan fingerprint density at radius 2 is 1.93 bits per heavy atom. The zero-order valence-corrected chi connectivity index (χ0v) is 16.7. The standard InChI is InChI=1S/C21H18F2N4O2S/c22-14-6-3-7-15(11-14)24-18(28)20-26-25-19(30-20)13-5-4-10-27(12-13)21(29)16-8-1-2-9-17(16)23/h1-3,6-9,11,13H,4-5,10,12H2,(H,24,28). The molecule has 6 nitrogen and oxygen atoms in total. The van der Waals surface area contributed by atoms with E-state index in [1.54, 1.807) is 23.1 Å². The second kappa shape index (κ2) is 8.66. The Kier molecular flexibility index (Phi) is 5.80. The van der Waals surface area contributed by atoms with Crippen LogP contribution in [0.3, 0.4) is 0 Å². The zero-order chi connectivity index (χ0) is 21.1. The van der Waals surface area contributed by atoms with E-state index >= 15 is 0 Å². The van der Waals surface area contributed by atoms with E-state index in [1.807, 2.05) is 0 Å². The first-order valence-electron chi connectivity index (χ1n) is 9.45. The number of piperidine rings is 1. The van der Waals surface area contributed by atoms with Gasteiger partial charge in [-0.3, -0.25) is 9.59 Å². The van der Waals surface area contributed by atoms with Crippen molar-refractivity contribution in [3.05, 3.63) is 75.7 Å². The number of amides is 2. The van der Waals surface area contributed by atoms with Crippen molar-refractivity contribution in [2.75, 3.05) is 18.4 Å². The van der Waals surface area contributed by atoms with Crippen molar-refractivity contribution < 1.29 is 18.4 Å². The minimum Gasteiger partial charge on any atom is -0.338 e. The molecule has 2 aromatic carbocycles. The van der Waals surface area contributed by atoms with Crippen LogP contribution in [0.25, 0.3) is 0 Å². The molecular formula is C21H18F2N4O2S. The van der Waals surface area contributed by atoms with Crippen molar-refractivity contribution in [2.45, 2.75) is 18.8 Å². The summed E-state index contributed by atoms with van der Waals surface area (Å²) in [6.07, 6.45) is 1.54. The van der Waals surface area contributed by atoms with E-state index in [1.165, 1.54) is 30.3 Å². The molecule has 1 saturated heterocycles. The van der Waals surface area contributed by atoms with Gasteiger partial charge in [0.15, 0.2) is 0 Å². The minimum atomic E-state index is -0.545. The molecule has 0 saturated carbocycles. The van der Waals surface area contributed by atoms with E-state index in [9.17, 15) is 18.4 Å². The van der Waals surface area contributed by atoms with Gasteiger partial charge in [0, 0.05) is 24.7 Å². The van der Waals surface area contributed by atoms with Crippen molar-refractivity contribution in [3.63, 3.8) is 0 Å². The third kappa shape index (κ3) is 4.35. The summed E-state index contributed by atoms with van der Waals surface area (Å²) in [5, 5.41) is 11.5. The maximum absolute atomic E-state index is 14.0. The van der Waals surface area contributed by atoms with Gasteiger partial charge in [-0.1, -0.05) is 29.5 Å². The first-order chi connectivity index (χ1) is 14.5. The van der Waals surface area contributed by atoms with Gasteiger partial charge in [-0.25, -0.2) is 8.78 Å². The van der Waals surface area contributed by atoms with E-state index in [4.69, 9.17) is 0 Å². The van der Waals surface area contributed by atoms with Gasteiger partial charge >= 0.3 is 0 Å². The highest BCUT2D eigenvalue weighted by atomic mass is 32.1. The Bertz CT molecular complexity index is 1090. The van der Waals surface area contributed by atoms with Gasteiger partial charge in [0.05, 0.1) is 5.56 Å². The molecule has 0 spiro atoms. The van der Waals surface area contributed by atoms with Crippen LogP contribution < -0.4 is 5.32 Å². The zero-order valence-electron chi connectivity index (χ0n) is 15.8. The summed E-state index contributed by atoms with van der Waals surface area (Å²) in [5.74, 6) is -1.90. The van der Waals surface area contributed by atoms with Crippen LogP contribution in [-0.2, 0) is 0 Å². The largest absolute Gasteiger partial charge is 0.338 e. The smallest absolute Gasteiger partial charge is 0.286 e. The van der Waals surface area contributed by atoms with Gasteiger partial charge in [0.1, 0.15) is 16.6 Å². The van der Waals surface area contributed by atoms with Gasteiger partial charge in [0.2, 0.25) is 5.01 Å². The number of carbonyl (C=O) groups excluding carboxylic acids is 2. The molecule has 1 aliphatic heterocycles. The van der Waals surface area contributed by atoms with Crippen LogP contribution in [0.2, 0.25) is 0 Å². The van der Waals surface area contributed by atoms with Crippen molar-refractivity contribution in [3.8, 4) is 0 Å². The summed E-state index contributed by atoms with van der Waals surface area (Å²) in [7, 11) is 0. The summed E-state index contributed by atoms with van der Waals surface area (Å²) in [4.78, 5) is 26.7. The third-order valence-electron chi connectivity index (χ3n) is 4.88. The number of rotatable bonds is 4. The number of likely N-dealkylation sites (tertiary alicyclic amines) is 1. The topological polar surface area (TPSA) is 75.2 Å². The van der Waals surface area contributed by atoms with Crippen molar-refractivity contribution in [2.24, 2.45) is 0 Å². The molecule has 1 aromatic heterocycles. The van der Waals surface area contributed by atoms with Gasteiger partial charge in [-0.15, -0.1) is 10.2 Å². The number of nitrogens with one attached hydrogen (secondary N) is 1. The number of benzene rings is 2. The molecule has 9 heteroatoms. The Hall–Kier alpha value is -3.20. The molecule has 2 amide bonds. The fraction of sp³-hybridized carbons (Fsp3) is 0.238. The summed E-state index contributed by atoms with van der Waals surface area (Å²) in [6, 6.07) is 11.5. The lowest BCUT2D eigenvalue weighted by Crippen LogP contribution is -2.39. The molecule has 1 atom stereocenters. The Morgan fingerprint density at radius 1 is 1.10 bits per heavy atom. The quantitative estimate of drug-likeness (QED) is 0.679. The fourth-order valence-electron chi connectivity index (χ4n) is 3.41. The van der Waals surface area contributed by atoms with Gasteiger partial charge in [-0.2, -0.15) is 0 Å². The fourth-order valence-corrected chi connectivity index (χ4v) is 4.27. The van der Waals surface area contributed by atoms with E-state index in [0.29, 0.717) is 23.8 Å². The van der Waals surface area contributed by atoms with Crippen LogP contribution in [0.1, 0.15) is 43.9 Å². The summed E-state index contributed by atoms with van der Waals surface area (Å²) in [5.41, 5.74) is 0.377. The number of hydrogen-bond donors (Lipinski definition) is 1. The monoisotopic (exact) mass is 428 g/mol. The van der Waals surface area contributed by atoms with Crippen LogP contribution in [0.15, 0.2) is 48.5 Å². The summed E-state index contributed by atoms with van der Waals surface area (Å²) >= 11 is 1.14. The molecule has 4 rings (SSSR count). The maximum Gasteiger partial charge on any atom is 0.286 e. The second-order valence-electron chi connectivity index (χ2n) is 6.98. The molecule has 0 aliphatic carbocycles. The Morgan fingerprint density at radius 3 is 2.73 bits per heavy atom. The molecule has 0 radical (unpaired) electrons. The lowest BCUT2D eigenvalue weighted by molar-refractivity contribution is 0.0702. The predicted molar refractivity (Wildman–Crippen MR) is 109 cm³/mol. The van der Waals surface area contributed by atoms with Crippen molar-refractivity contribution in [1.29, 1.82) is 0 Å². The lowest BCUT2D eigenvalue weighted by atomic mass is 9.98. The first kappa shape index (κ1) is 20.1. The lowest BCUT2D eigenvalue weighted by Gasteiger charge is -2.31. The van der Waals surface area contributed by atoms with Crippen LogP contribution in [-0.4, -0.2) is 40.0 Å². The molecule has 0 bridgehead atoms. The van der Waals surface area contributed by atoms with E-state index < -0.39 is 17.5 Å². The average Bonchev–Trinajstić information content (AvgIpc) is 3.24. The predicted octanol–water partition coefficient (Wildman–Crippen LogP) is 4.09. The number of nitrogens with zero attached hydrogens (tertiary/aromatic N) is 3. The van der Waals surface area contributed by atoms with Crippen molar-refractivity contribution in [1.82, 2.24) is 15.1 Å². The molecule has 1 unspecified atom stereocenters. The van der Waals surface area contributed by atoms with E-state index in [2.05, 4.69) is 15.5 Å². The first-order valence-corrected chi connectivity index (χ1v) is 10.3. The van der Waals surface area contributed by atoms with Crippen LogP contribution in [0.4, 0.5) is 14.5 Å². The molecule has 2 heterocycles. The normalized spacial score (nSPS) is 16.3. The summed E-state index contributed by atoms with van der Waals surface area (Å²) < 4.78 is 27.3. The van der Waals surface area contributed by atoms with Gasteiger partial charge in [0.25, 0.3) is 11.8 Å². The summed E-state index contributed by atoms with van der Waals surface area (Å²) in [6.45, 7) is 0.919. The molecule has 1 fully saturated rings. The van der Waals surface area contributed by atoms with Gasteiger partial charge < -0.3 is 10.2 Å². The van der Waals surface area contributed by atoms with Crippen molar-refractivity contribution >= 4 is 28.8 Å². The highest BCUT2D eigenvalue weighted by Crippen LogP contribution is 2.30. The molecule has 1 N–H and O–H groups in total. The number of hydrogen-bond acceptors (Lipinski definition) is 5. The molecule has 3 aromatic rings. The number of halogens is 2. The third-order valence-corrected chi connectivity index (χ3v) is 5.96. The molecular weight excluding hydrogens is 410 g/mol. The van der Waals surface area contributed by atoms with Gasteiger partial charge in [-0.05, 0) is 43.2 Å². The maximum atomic E-state index is 14.0. The highest BCUT2D eigenvalue weighted by molar-refractivity contribution is 7.13. The SMILES string of the molecule is O=C(Nc1cccc(F)c1)c1nnc(C2CCCN(C(=O)c3ccccc3F)C2)s1. The highest BCUT2D eigenvalue weighted by Gasteiger charge is 2.29. The molecule has 1 aliphatic rings. The van der Waals surface area contributed by atoms with E-state index in [0.717, 1.165) is 24.2 Å². The minimum absolute atomic E-state index is 0.0468. The van der Waals surface area contributed by atoms with Crippen LogP contribution in [0, 0.1) is 11.6 Å². The number of anilines is 1. The average molecular weight is 428 g/mol. The Balaban J connectivity index is 1.44. The number of carbonyl (C=O) groups is 2. The van der Waals surface area contributed by atoms with E-state index in [-0.39, 0.29) is 22.4 Å². The Labute approximate surface area is 175 Å². The second-order valence-corrected chi connectivity index (χ2v) is 7.99. The van der Waals surface area contributed by atoms with Crippen LogP contribution in [0.5, 0.6) is 0 Å². The number of aromatic nitrogens is 2. The molecule has 154 valence electrons.